The Hall–Kier alpha value is -2.04. The van der Waals surface area contributed by atoms with Crippen molar-refractivity contribution in [1.82, 2.24) is 5.32 Å². The van der Waals surface area contributed by atoms with E-state index in [-0.39, 0.29) is 5.92 Å². The number of rotatable bonds is 5. The van der Waals surface area contributed by atoms with Crippen LogP contribution < -0.4 is 10.6 Å². The molecule has 1 atom stereocenters. The van der Waals surface area contributed by atoms with Gasteiger partial charge in [-0.3, -0.25) is 0 Å². The summed E-state index contributed by atoms with van der Waals surface area (Å²) in [4.78, 5) is 23.0. The monoisotopic (exact) mass is 278 g/mol. The fourth-order valence-electron chi connectivity index (χ4n) is 2.01. The van der Waals surface area contributed by atoms with Crippen molar-refractivity contribution in [1.29, 1.82) is 0 Å². The minimum atomic E-state index is -1.03. The number of aryl methyl sites for hydroxylation is 2. The number of para-hydroxylation sites is 1. The van der Waals surface area contributed by atoms with E-state index in [2.05, 4.69) is 10.6 Å². The first kappa shape index (κ1) is 16.0. The molecule has 2 amide bonds. The second-order valence-corrected chi connectivity index (χ2v) is 5.12. The van der Waals surface area contributed by atoms with E-state index in [1.165, 1.54) is 0 Å². The van der Waals surface area contributed by atoms with Gasteiger partial charge in [-0.2, -0.15) is 0 Å². The highest BCUT2D eigenvalue weighted by atomic mass is 16.4. The molecule has 0 aliphatic heterocycles. The van der Waals surface area contributed by atoms with Gasteiger partial charge in [-0.25, -0.2) is 9.59 Å². The molecule has 0 saturated heterocycles. The van der Waals surface area contributed by atoms with Crippen molar-refractivity contribution in [2.24, 2.45) is 5.92 Å². The highest BCUT2D eigenvalue weighted by Gasteiger charge is 2.23. The van der Waals surface area contributed by atoms with Crippen LogP contribution in [0.3, 0.4) is 0 Å². The molecule has 0 aliphatic carbocycles. The minimum absolute atomic E-state index is 0.180. The third-order valence-corrected chi connectivity index (χ3v) is 3.20. The van der Waals surface area contributed by atoms with E-state index >= 15 is 0 Å². The molecule has 1 rings (SSSR count). The van der Waals surface area contributed by atoms with Gasteiger partial charge in [0.2, 0.25) is 0 Å². The smallest absolute Gasteiger partial charge is 0.326 e. The maximum atomic E-state index is 12.0. The van der Waals surface area contributed by atoms with E-state index in [0.29, 0.717) is 0 Å². The molecule has 0 aliphatic rings. The molecule has 110 valence electrons. The predicted molar refractivity (Wildman–Crippen MR) is 79.0 cm³/mol. The summed E-state index contributed by atoms with van der Waals surface area (Å²) in [5, 5.41) is 14.3. The number of carbonyl (C=O) groups is 2. The number of anilines is 1. The summed E-state index contributed by atoms with van der Waals surface area (Å²) < 4.78 is 0. The molecule has 0 unspecified atom stereocenters. The Morgan fingerprint density at radius 3 is 2.45 bits per heavy atom. The number of aliphatic carboxylic acids is 1. The normalized spacial score (nSPS) is 12.1. The van der Waals surface area contributed by atoms with Gasteiger partial charge in [-0.05, 0) is 30.4 Å². The van der Waals surface area contributed by atoms with Crippen LogP contribution in [0.1, 0.15) is 31.9 Å². The summed E-state index contributed by atoms with van der Waals surface area (Å²) in [6.07, 6.45) is 0.795. The first-order valence-electron chi connectivity index (χ1n) is 6.75. The molecular formula is C15H22N2O3. The zero-order valence-corrected chi connectivity index (χ0v) is 12.4. The Bertz CT molecular complexity index is 498. The van der Waals surface area contributed by atoms with Gasteiger partial charge in [0.25, 0.3) is 0 Å². The van der Waals surface area contributed by atoms with Crippen LogP contribution in [-0.2, 0) is 11.2 Å². The maximum absolute atomic E-state index is 12.0. The van der Waals surface area contributed by atoms with Crippen molar-refractivity contribution < 1.29 is 14.7 Å². The molecule has 0 aromatic heterocycles. The Morgan fingerprint density at radius 2 is 1.95 bits per heavy atom. The molecule has 5 nitrogen and oxygen atoms in total. The third kappa shape index (κ3) is 3.98. The lowest BCUT2D eigenvalue weighted by Crippen LogP contribution is -2.46. The number of hydrogen-bond acceptors (Lipinski definition) is 2. The molecule has 1 aromatic carbocycles. The standard InChI is InChI=1S/C15H22N2O3/c1-5-11-8-6-7-10(4)13(11)17-15(20)16-12(9(2)3)14(18)19/h6-9,12H,5H2,1-4H3,(H,18,19)(H2,16,17,20)/t12-/m1/s1. The number of carboxylic acids is 1. The molecule has 3 N–H and O–H groups in total. The van der Waals surface area contributed by atoms with Crippen LogP contribution in [0, 0.1) is 12.8 Å². The quantitative estimate of drug-likeness (QED) is 0.775. The fourth-order valence-corrected chi connectivity index (χ4v) is 2.01. The van der Waals surface area contributed by atoms with E-state index in [1.807, 2.05) is 32.0 Å². The van der Waals surface area contributed by atoms with E-state index in [9.17, 15) is 9.59 Å². The fraction of sp³-hybridized carbons (Fsp3) is 0.467. The highest BCUT2D eigenvalue weighted by molar-refractivity contribution is 5.93. The third-order valence-electron chi connectivity index (χ3n) is 3.20. The lowest BCUT2D eigenvalue weighted by molar-refractivity contribution is -0.140. The summed E-state index contributed by atoms with van der Waals surface area (Å²) >= 11 is 0. The number of amides is 2. The zero-order chi connectivity index (χ0) is 15.3. The Labute approximate surface area is 119 Å². The van der Waals surface area contributed by atoms with Gasteiger partial charge in [0, 0.05) is 5.69 Å². The highest BCUT2D eigenvalue weighted by Crippen LogP contribution is 2.21. The average molecular weight is 278 g/mol. The number of carbonyl (C=O) groups excluding carboxylic acids is 1. The molecule has 1 aromatic rings. The van der Waals surface area contributed by atoms with E-state index in [1.54, 1.807) is 13.8 Å². The number of nitrogens with one attached hydrogen (secondary N) is 2. The molecule has 0 radical (unpaired) electrons. The molecule has 0 spiro atoms. The van der Waals surface area contributed by atoms with Gasteiger partial charge in [0.05, 0.1) is 0 Å². The molecule has 0 heterocycles. The first-order valence-corrected chi connectivity index (χ1v) is 6.75. The van der Waals surface area contributed by atoms with Crippen molar-refractivity contribution in [2.45, 2.75) is 40.2 Å². The summed E-state index contributed by atoms with van der Waals surface area (Å²) in [6, 6.07) is 4.40. The van der Waals surface area contributed by atoms with Gasteiger partial charge < -0.3 is 15.7 Å². The van der Waals surface area contributed by atoms with Crippen LogP contribution in [0.15, 0.2) is 18.2 Å². The maximum Gasteiger partial charge on any atom is 0.326 e. The summed E-state index contributed by atoms with van der Waals surface area (Å²) in [6.45, 7) is 7.42. The van der Waals surface area contributed by atoms with Crippen LogP contribution in [0.5, 0.6) is 0 Å². The second kappa shape index (κ2) is 6.93. The van der Waals surface area contributed by atoms with Crippen molar-refractivity contribution in [3.63, 3.8) is 0 Å². The van der Waals surface area contributed by atoms with Crippen molar-refractivity contribution in [3.05, 3.63) is 29.3 Å². The van der Waals surface area contributed by atoms with E-state index < -0.39 is 18.0 Å². The summed E-state index contributed by atoms with van der Waals surface area (Å²) in [7, 11) is 0. The predicted octanol–water partition coefficient (Wildman–Crippen LogP) is 2.79. The van der Waals surface area contributed by atoms with Gasteiger partial charge in [-0.15, -0.1) is 0 Å². The van der Waals surface area contributed by atoms with Crippen molar-refractivity contribution in [3.8, 4) is 0 Å². The summed E-state index contributed by atoms with van der Waals surface area (Å²) in [5.41, 5.74) is 2.73. The minimum Gasteiger partial charge on any atom is -0.480 e. The van der Waals surface area contributed by atoms with Crippen molar-refractivity contribution >= 4 is 17.7 Å². The van der Waals surface area contributed by atoms with Gasteiger partial charge in [0.1, 0.15) is 6.04 Å². The SMILES string of the molecule is CCc1cccc(C)c1NC(=O)N[C@@H](C(=O)O)C(C)C. The lowest BCUT2D eigenvalue weighted by atomic mass is 10.0. The number of urea groups is 1. The van der Waals surface area contributed by atoms with Crippen LogP contribution in [0.25, 0.3) is 0 Å². The average Bonchev–Trinajstić information content (AvgIpc) is 2.37. The zero-order valence-electron chi connectivity index (χ0n) is 12.4. The van der Waals surface area contributed by atoms with Crippen LogP contribution in [-0.4, -0.2) is 23.1 Å². The Morgan fingerprint density at radius 1 is 1.30 bits per heavy atom. The summed E-state index contributed by atoms with van der Waals surface area (Å²) in [5.74, 6) is -1.21. The van der Waals surface area contributed by atoms with Gasteiger partial charge in [-0.1, -0.05) is 39.0 Å². The molecule has 20 heavy (non-hydrogen) atoms. The largest absolute Gasteiger partial charge is 0.480 e. The van der Waals surface area contributed by atoms with Gasteiger partial charge >= 0.3 is 12.0 Å². The molecule has 0 saturated carbocycles. The topological polar surface area (TPSA) is 78.4 Å². The number of carboxylic acid groups (broad SMARTS) is 1. The lowest BCUT2D eigenvalue weighted by Gasteiger charge is -2.19. The Kier molecular flexibility index (Phi) is 5.55. The number of hydrogen-bond donors (Lipinski definition) is 3. The van der Waals surface area contributed by atoms with E-state index in [0.717, 1.165) is 23.2 Å². The van der Waals surface area contributed by atoms with E-state index in [4.69, 9.17) is 5.11 Å². The van der Waals surface area contributed by atoms with Crippen LogP contribution in [0.4, 0.5) is 10.5 Å². The number of benzene rings is 1. The van der Waals surface area contributed by atoms with Crippen molar-refractivity contribution in [2.75, 3.05) is 5.32 Å². The first-order chi connectivity index (χ1) is 9.36. The molecular weight excluding hydrogens is 256 g/mol. The van der Waals surface area contributed by atoms with Crippen LogP contribution >= 0.6 is 0 Å². The van der Waals surface area contributed by atoms with Crippen LogP contribution in [0.2, 0.25) is 0 Å². The molecule has 0 bridgehead atoms. The second-order valence-electron chi connectivity index (χ2n) is 5.12. The molecule has 5 heteroatoms. The Balaban J connectivity index is 2.84. The van der Waals surface area contributed by atoms with Gasteiger partial charge in [0.15, 0.2) is 0 Å². The molecule has 0 fully saturated rings.